The largest absolute Gasteiger partial charge is 0.408 e. The number of halogens is 3. The molecule has 0 unspecified atom stereocenters. The van der Waals surface area contributed by atoms with Crippen LogP contribution in [0.4, 0.5) is 18.9 Å². The van der Waals surface area contributed by atoms with E-state index in [1.165, 1.54) is 12.4 Å². The van der Waals surface area contributed by atoms with Crippen LogP contribution in [0.25, 0.3) is 0 Å². The summed E-state index contributed by atoms with van der Waals surface area (Å²) in [6.45, 7) is 3.97. The molecule has 5 nitrogen and oxygen atoms in total. The maximum Gasteiger partial charge on any atom is 0.408 e. The topological polar surface area (TPSA) is 51.0 Å². The van der Waals surface area contributed by atoms with Gasteiger partial charge in [-0.25, -0.2) is 0 Å². The van der Waals surface area contributed by atoms with E-state index >= 15 is 0 Å². The van der Waals surface area contributed by atoms with Crippen molar-refractivity contribution in [3.63, 3.8) is 0 Å². The van der Waals surface area contributed by atoms with Gasteiger partial charge in [0.25, 0.3) is 5.91 Å². The highest BCUT2D eigenvalue weighted by molar-refractivity contribution is 6.07. The lowest BCUT2D eigenvalue weighted by Gasteiger charge is -2.16. The molecule has 22 heavy (non-hydrogen) atoms. The highest BCUT2D eigenvalue weighted by Crippen LogP contribution is 2.21. The van der Waals surface area contributed by atoms with E-state index in [1.54, 1.807) is 25.3 Å². The maximum atomic E-state index is 12.4. The van der Waals surface area contributed by atoms with E-state index in [9.17, 15) is 18.0 Å². The van der Waals surface area contributed by atoms with Crippen LogP contribution in [0.15, 0.2) is 43.5 Å². The fraction of sp³-hybridized carbons (Fsp3) is 0.214. The minimum atomic E-state index is -4.38. The van der Waals surface area contributed by atoms with E-state index in [0.717, 1.165) is 15.8 Å². The van der Waals surface area contributed by atoms with Gasteiger partial charge in [-0.1, -0.05) is 6.58 Å². The van der Waals surface area contributed by atoms with Crippen LogP contribution >= 0.6 is 0 Å². The van der Waals surface area contributed by atoms with Gasteiger partial charge in [0, 0.05) is 24.3 Å². The summed E-state index contributed by atoms with van der Waals surface area (Å²) >= 11 is 0. The number of hydrogen-bond acceptors (Lipinski definition) is 3. The molecule has 0 aromatic carbocycles. The Morgan fingerprint density at radius 3 is 2.82 bits per heavy atom. The average molecular weight is 310 g/mol. The van der Waals surface area contributed by atoms with Crippen molar-refractivity contribution < 1.29 is 18.0 Å². The highest BCUT2D eigenvalue weighted by Gasteiger charge is 2.29. The van der Waals surface area contributed by atoms with Crippen molar-refractivity contribution in [2.45, 2.75) is 19.6 Å². The molecule has 0 aliphatic rings. The Kier molecular flexibility index (Phi) is 4.30. The molecule has 0 bridgehead atoms. The number of rotatable bonds is 4. The van der Waals surface area contributed by atoms with Crippen molar-refractivity contribution in [1.29, 1.82) is 0 Å². The molecule has 116 valence electrons. The SMILES string of the molecule is C=CN(C(=O)c1cccnc1C)c1cnn(CC(F)(F)F)c1. The second kappa shape index (κ2) is 6.00. The molecule has 0 radical (unpaired) electrons. The number of aromatic nitrogens is 3. The molecular weight excluding hydrogens is 297 g/mol. The van der Waals surface area contributed by atoms with Gasteiger partial charge < -0.3 is 0 Å². The number of aryl methyl sites for hydroxylation is 1. The fourth-order valence-corrected chi connectivity index (χ4v) is 1.89. The number of hydrogen-bond donors (Lipinski definition) is 0. The molecule has 0 fully saturated rings. The lowest BCUT2D eigenvalue weighted by atomic mass is 10.2. The first-order chi connectivity index (χ1) is 10.3. The normalized spacial score (nSPS) is 11.3. The zero-order valence-corrected chi connectivity index (χ0v) is 11.7. The van der Waals surface area contributed by atoms with Crippen LogP contribution < -0.4 is 4.90 Å². The Balaban J connectivity index is 2.27. The van der Waals surface area contributed by atoms with Gasteiger partial charge in [0.1, 0.15) is 6.54 Å². The quantitative estimate of drug-likeness (QED) is 0.872. The van der Waals surface area contributed by atoms with E-state index < -0.39 is 18.6 Å². The molecule has 0 N–H and O–H groups in total. The predicted molar refractivity (Wildman–Crippen MR) is 74.3 cm³/mol. The molecule has 2 aromatic rings. The van der Waals surface area contributed by atoms with Crippen LogP contribution in [0.1, 0.15) is 16.1 Å². The summed E-state index contributed by atoms with van der Waals surface area (Å²) in [5, 5.41) is 3.61. The van der Waals surface area contributed by atoms with Gasteiger partial charge in [-0.05, 0) is 19.1 Å². The van der Waals surface area contributed by atoms with Crippen molar-refractivity contribution in [3.8, 4) is 0 Å². The summed E-state index contributed by atoms with van der Waals surface area (Å²) < 4.78 is 37.7. The minimum Gasteiger partial charge on any atom is -0.281 e. The van der Waals surface area contributed by atoms with Gasteiger partial charge in [0.2, 0.25) is 0 Å². The summed E-state index contributed by atoms with van der Waals surface area (Å²) in [7, 11) is 0. The summed E-state index contributed by atoms with van der Waals surface area (Å²) in [5.41, 5.74) is 1.06. The third-order valence-electron chi connectivity index (χ3n) is 2.88. The Labute approximate surface area is 124 Å². The van der Waals surface area contributed by atoms with Gasteiger partial charge in [-0.2, -0.15) is 18.3 Å². The molecule has 0 aliphatic carbocycles. The maximum absolute atomic E-state index is 12.4. The van der Waals surface area contributed by atoms with Crippen molar-refractivity contribution in [2.75, 3.05) is 4.90 Å². The lowest BCUT2D eigenvalue weighted by molar-refractivity contribution is -0.142. The number of carbonyl (C=O) groups is 1. The minimum absolute atomic E-state index is 0.201. The van der Waals surface area contributed by atoms with Crippen LogP contribution in [-0.4, -0.2) is 26.8 Å². The third-order valence-corrected chi connectivity index (χ3v) is 2.88. The van der Waals surface area contributed by atoms with Gasteiger partial charge in [-0.15, -0.1) is 0 Å². The van der Waals surface area contributed by atoms with Crippen LogP contribution in [0.3, 0.4) is 0 Å². The molecule has 0 atom stereocenters. The number of nitrogens with zero attached hydrogens (tertiary/aromatic N) is 4. The molecule has 2 heterocycles. The van der Waals surface area contributed by atoms with Crippen LogP contribution in [0.5, 0.6) is 0 Å². The smallest absolute Gasteiger partial charge is 0.281 e. The number of amides is 1. The third kappa shape index (κ3) is 3.51. The van der Waals surface area contributed by atoms with Gasteiger partial charge in [-0.3, -0.25) is 19.4 Å². The van der Waals surface area contributed by atoms with Crippen molar-refractivity contribution in [1.82, 2.24) is 14.8 Å². The van der Waals surface area contributed by atoms with Crippen LogP contribution in [0.2, 0.25) is 0 Å². The van der Waals surface area contributed by atoms with Crippen molar-refractivity contribution >= 4 is 11.6 Å². The molecule has 0 saturated heterocycles. The molecule has 8 heteroatoms. The predicted octanol–water partition coefficient (Wildman–Crippen LogP) is 2.94. The van der Waals surface area contributed by atoms with E-state index in [1.807, 2.05) is 0 Å². The Hall–Kier alpha value is -2.64. The monoisotopic (exact) mass is 310 g/mol. The fourth-order valence-electron chi connectivity index (χ4n) is 1.89. The number of pyridine rings is 1. The molecular formula is C14H13F3N4O. The zero-order chi connectivity index (χ0) is 16.3. The Bertz CT molecular complexity index is 693. The van der Waals surface area contributed by atoms with Gasteiger partial charge in [0.05, 0.1) is 17.4 Å². The molecule has 0 spiro atoms. The second-order valence-electron chi connectivity index (χ2n) is 4.51. The summed E-state index contributed by atoms with van der Waals surface area (Å²) in [6.07, 6.45) is 0.706. The standard InChI is InChI=1S/C14H13F3N4O/c1-3-21(13(22)12-5-4-6-18-10(12)2)11-7-19-20(8-11)9-14(15,16)17/h3-8H,1,9H2,2H3. The number of anilines is 1. The summed E-state index contributed by atoms with van der Waals surface area (Å²) in [6, 6.07) is 3.19. The van der Waals surface area contributed by atoms with Crippen molar-refractivity contribution in [3.05, 3.63) is 54.8 Å². The molecule has 2 rings (SSSR count). The van der Waals surface area contributed by atoms with E-state index in [2.05, 4.69) is 16.7 Å². The molecule has 0 aliphatic heterocycles. The first kappa shape index (κ1) is 15.7. The van der Waals surface area contributed by atoms with Gasteiger partial charge >= 0.3 is 6.18 Å². The molecule has 0 saturated carbocycles. The lowest BCUT2D eigenvalue weighted by Crippen LogP contribution is -2.25. The summed E-state index contributed by atoms with van der Waals surface area (Å²) in [4.78, 5) is 17.6. The van der Waals surface area contributed by atoms with E-state index in [0.29, 0.717) is 11.3 Å². The highest BCUT2D eigenvalue weighted by atomic mass is 19.4. The summed E-state index contributed by atoms with van der Waals surface area (Å²) in [5.74, 6) is -0.438. The Morgan fingerprint density at radius 2 is 2.23 bits per heavy atom. The number of alkyl halides is 3. The number of carbonyl (C=O) groups excluding carboxylic acids is 1. The zero-order valence-electron chi connectivity index (χ0n) is 11.7. The van der Waals surface area contributed by atoms with E-state index in [4.69, 9.17) is 0 Å². The van der Waals surface area contributed by atoms with E-state index in [-0.39, 0.29) is 5.69 Å². The second-order valence-corrected chi connectivity index (χ2v) is 4.51. The average Bonchev–Trinajstić information content (AvgIpc) is 2.86. The molecule has 1 amide bonds. The Morgan fingerprint density at radius 1 is 1.50 bits per heavy atom. The van der Waals surface area contributed by atoms with Crippen LogP contribution in [-0.2, 0) is 6.54 Å². The van der Waals surface area contributed by atoms with Crippen LogP contribution in [0, 0.1) is 6.92 Å². The molecule has 2 aromatic heterocycles. The van der Waals surface area contributed by atoms with Crippen molar-refractivity contribution in [2.24, 2.45) is 0 Å². The van der Waals surface area contributed by atoms with Gasteiger partial charge in [0.15, 0.2) is 0 Å². The first-order valence-electron chi connectivity index (χ1n) is 6.29. The first-order valence-corrected chi connectivity index (χ1v) is 6.29.